The van der Waals surface area contributed by atoms with Crippen molar-refractivity contribution in [3.05, 3.63) is 54.1 Å². The van der Waals surface area contributed by atoms with E-state index >= 15 is 0 Å². The molecular weight excluding hydrogens is 248 g/mol. The third kappa shape index (κ3) is 4.08. The molecule has 0 fully saturated rings. The Hall–Kier alpha value is -1.84. The van der Waals surface area contributed by atoms with Gasteiger partial charge in [-0.05, 0) is 42.9 Å². The minimum Gasteiger partial charge on any atom is -0.492 e. The van der Waals surface area contributed by atoms with Crippen LogP contribution in [-0.2, 0) is 6.54 Å². The zero-order valence-corrected chi connectivity index (χ0v) is 12.2. The first kappa shape index (κ1) is 14.6. The quantitative estimate of drug-likeness (QED) is 0.877. The molecule has 0 saturated heterocycles. The van der Waals surface area contributed by atoms with E-state index in [0.29, 0.717) is 13.2 Å². The molecule has 0 saturated carbocycles. The average Bonchev–Trinajstić information content (AvgIpc) is 2.48. The van der Waals surface area contributed by atoms with Gasteiger partial charge in [0.05, 0.1) is 0 Å². The minimum absolute atomic E-state index is 0.582. The maximum absolute atomic E-state index is 5.69. The van der Waals surface area contributed by atoms with Gasteiger partial charge >= 0.3 is 0 Å². The summed E-state index contributed by atoms with van der Waals surface area (Å²) >= 11 is 0. The smallest absolute Gasteiger partial charge is 0.119 e. The molecule has 2 aromatic rings. The molecule has 0 aliphatic rings. The van der Waals surface area contributed by atoms with Gasteiger partial charge < -0.3 is 15.4 Å². The van der Waals surface area contributed by atoms with Crippen LogP contribution in [0.1, 0.15) is 5.56 Å². The summed E-state index contributed by atoms with van der Waals surface area (Å²) in [6.07, 6.45) is 0. The summed E-state index contributed by atoms with van der Waals surface area (Å²) in [6.45, 7) is 2.21. The van der Waals surface area contributed by atoms with Crippen molar-refractivity contribution in [3.8, 4) is 16.9 Å². The van der Waals surface area contributed by atoms with Gasteiger partial charge in [-0.1, -0.05) is 36.4 Å². The van der Waals surface area contributed by atoms with Gasteiger partial charge in [0, 0.05) is 13.1 Å². The molecule has 2 aromatic carbocycles. The first-order valence-corrected chi connectivity index (χ1v) is 6.86. The Morgan fingerprint density at radius 1 is 0.900 bits per heavy atom. The molecule has 0 aliphatic carbocycles. The molecule has 2 rings (SSSR count). The highest BCUT2D eigenvalue weighted by Gasteiger charge is 1.99. The second kappa shape index (κ2) is 7.08. The van der Waals surface area contributed by atoms with E-state index in [2.05, 4.69) is 41.3 Å². The standard InChI is InChI=1S/C17H22N2O/c1-19(2)11-12-20-17-9-7-16(8-10-17)15-5-3-14(13-18)4-6-15/h3-10H,11-13,18H2,1-2H3. The molecule has 0 spiro atoms. The summed E-state index contributed by atoms with van der Waals surface area (Å²) in [5.41, 5.74) is 9.14. The number of ether oxygens (including phenoxy) is 1. The van der Waals surface area contributed by atoms with Crippen LogP contribution in [0.25, 0.3) is 11.1 Å². The van der Waals surface area contributed by atoms with E-state index < -0.39 is 0 Å². The lowest BCUT2D eigenvalue weighted by molar-refractivity contribution is 0.261. The molecule has 0 radical (unpaired) electrons. The predicted molar refractivity (Wildman–Crippen MR) is 83.8 cm³/mol. The van der Waals surface area contributed by atoms with Crippen molar-refractivity contribution in [1.29, 1.82) is 0 Å². The Morgan fingerprint density at radius 3 is 1.95 bits per heavy atom. The fourth-order valence-electron chi connectivity index (χ4n) is 1.92. The van der Waals surface area contributed by atoms with Gasteiger partial charge in [-0.3, -0.25) is 0 Å². The molecule has 0 aliphatic heterocycles. The Morgan fingerprint density at radius 2 is 1.45 bits per heavy atom. The maximum Gasteiger partial charge on any atom is 0.119 e. The number of nitrogens with two attached hydrogens (primary N) is 1. The van der Waals surface area contributed by atoms with Crippen molar-refractivity contribution in [2.24, 2.45) is 5.73 Å². The molecule has 3 heteroatoms. The van der Waals surface area contributed by atoms with Crippen LogP contribution in [0.5, 0.6) is 5.75 Å². The normalized spacial score (nSPS) is 10.8. The number of rotatable bonds is 6. The molecule has 20 heavy (non-hydrogen) atoms. The van der Waals surface area contributed by atoms with Gasteiger partial charge in [0.25, 0.3) is 0 Å². The van der Waals surface area contributed by atoms with E-state index in [0.717, 1.165) is 17.9 Å². The van der Waals surface area contributed by atoms with Gasteiger partial charge in [-0.2, -0.15) is 0 Å². The molecule has 0 amide bonds. The lowest BCUT2D eigenvalue weighted by atomic mass is 10.0. The third-order valence-electron chi connectivity index (χ3n) is 3.18. The van der Waals surface area contributed by atoms with Gasteiger partial charge in [0.1, 0.15) is 12.4 Å². The van der Waals surface area contributed by atoms with Crippen molar-refractivity contribution in [2.75, 3.05) is 27.2 Å². The first-order chi connectivity index (χ1) is 9.69. The molecule has 106 valence electrons. The van der Waals surface area contributed by atoms with Crippen LogP contribution in [0.3, 0.4) is 0 Å². The van der Waals surface area contributed by atoms with Crippen LogP contribution in [0.15, 0.2) is 48.5 Å². The number of hydrogen-bond acceptors (Lipinski definition) is 3. The van der Waals surface area contributed by atoms with Crippen LogP contribution >= 0.6 is 0 Å². The third-order valence-corrected chi connectivity index (χ3v) is 3.18. The predicted octanol–water partition coefficient (Wildman–Crippen LogP) is 2.75. The molecular formula is C17H22N2O. The van der Waals surface area contributed by atoms with E-state index in [9.17, 15) is 0 Å². The van der Waals surface area contributed by atoms with Gasteiger partial charge in [0.15, 0.2) is 0 Å². The Kier molecular flexibility index (Phi) is 5.16. The van der Waals surface area contributed by atoms with E-state index in [-0.39, 0.29) is 0 Å². The summed E-state index contributed by atoms with van der Waals surface area (Å²) in [5.74, 6) is 0.911. The number of benzene rings is 2. The van der Waals surface area contributed by atoms with Gasteiger partial charge in [-0.25, -0.2) is 0 Å². The van der Waals surface area contributed by atoms with E-state index in [1.165, 1.54) is 11.1 Å². The molecule has 0 unspecified atom stereocenters. The highest BCUT2D eigenvalue weighted by Crippen LogP contribution is 2.22. The number of likely N-dealkylation sites (N-methyl/N-ethyl adjacent to an activating group) is 1. The largest absolute Gasteiger partial charge is 0.492 e. The van der Waals surface area contributed by atoms with Crippen LogP contribution in [0.4, 0.5) is 0 Å². The van der Waals surface area contributed by atoms with E-state index in [1.54, 1.807) is 0 Å². The highest BCUT2D eigenvalue weighted by molar-refractivity contribution is 5.64. The van der Waals surface area contributed by atoms with Crippen LogP contribution in [0, 0.1) is 0 Å². The molecule has 0 heterocycles. The van der Waals surface area contributed by atoms with E-state index in [4.69, 9.17) is 10.5 Å². The SMILES string of the molecule is CN(C)CCOc1ccc(-c2ccc(CN)cc2)cc1. The summed E-state index contributed by atoms with van der Waals surface area (Å²) in [4.78, 5) is 2.10. The Balaban J connectivity index is 1.99. The van der Waals surface area contributed by atoms with Crippen molar-refractivity contribution in [2.45, 2.75) is 6.54 Å². The lowest BCUT2D eigenvalue weighted by Crippen LogP contribution is -2.19. The summed E-state index contributed by atoms with van der Waals surface area (Å²) in [6, 6.07) is 16.5. The highest BCUT2D eigenvalue weighted by atomic mass is 16.5. The summed E-state index contributed by atoms with van der Waals surface area (Å²) < 4.78 is 5.69. The van der Waals surface area contributed by atoms with Gasteiger partial charge in [0.2, 0.25) is 0 Å². The van der Waals surface area contributed by atoms with Crippen LogP contribution < -0.4 is 10.5 Å². The molecule has 3 nitrogen and oxygen atoms in total. The zero-order valence-electron chi connectivity index (χ0n) is 12.2. The summed E-state index contributed by atoms with van der Waals surface area (Å²) in [7, 11) is 4.08. The van der Waals surface area contributed by atoms with Gasteiger partial charge in [-0.15, -0.1) is 0 Å². The fourth-order valence-corrected chi connectivity index (χ4v) is 1.92. The molecule has 2 N–H and O–H groups in total. The van der Waals surface area contributed by atoms with Crippen molar-refractivity contribution >= 4 is 0 Å². The van der Waals surface area contributed by atoms with Crippen LogP contribution in [0.2, 0.25) is 0 Å². The minimum atomic E-state index is 0.582. The second-order valence-electron chi connectivity index (χ2n) is 5.08. The van der Waals surface area contributed by atoms with E-state index in [1.807, 2.05) is 26.2 Å². The Bertz CT molecular complexity index is 518. The van der Waals surface area contributed by atoms with Crippen LogP contribution in [-0.4, -0.2) is 32.1 Å². The molecule has 0 aromatic heterocycles. The monoisotopic (exact) mass is 270 g/mol. The Labute approximate surface area is 121 Å². The number of hydrogen-bond donors (Lipinski definition) is 1. The summed E-state index contributed by atoms with van der Waals surface area (Å²) in [5, 5.41) is 0. The fraction of sp³-hybridized carbons (Fsp3) is 0.294. The zero-order chi connectivity index (χ0) is 14.4. The first-order valence-electron chi connectivity index (χ1n) is 6.86. The van der Waals surface area contributed by atoms with Crippen molar-refractivity contribution in [3.63, 3.8) is 0 Å². The molecule has 0 bridgehead atoms. The number of nitrogens with zero attached hydrogens (tertiary/aromatic N) is 1. The maximum atomic E-state index is 5.69. The van der Waals surface area contributed by atoms with Crippen molar-refractivity contribution in [1.82, 2.24) is 4.90 Å². The van der Waals surface area contributed by atoms with Crippen molar-refractivity contribution < 1.29 is 4.74 Å². The lowest BCUT2D eigenvalue weighted by Gasteiger charge is -2.11. The second-order valence-corrected chi connectivity index (χ2v) is 5.08. The molecule has 0 atom stereocenters. The average molecular weight is 270 g/mol. The topological polar surface area (TPSA) is 38.5 Å².